The van der Waals surface area contributed by atoms with E-state index in [1.165, 1.54) is 24.3 Å². The molecule has 0 radical (unpaired) electrons. The Labute approximate surface area is 146 Å². The summed E-state index contributed by atoms with van der Waals surface area (Å²) in [5.74, 6) is -2.09. The second kappa shape index (κ2) is 6.78. The van der Waals surface area contributed by atoms with Crippen LogP contribution >= 0.6 is 0 Å². The Morgan fingerprint density at radius 3 is 2.12 bits per heavy atom. The van der Waals surface area contributed by atoms with Crippen LogP contribution in [0.1, 0.15) is 28.8 Å². The van der Waals surface area contributed by atoms with Crippen molar-refractivity contribution in [1.82, 2.24) is 0 Å². The van der Waals surface area contributed by atoms with Crippen LogP contribution in [0.15, 0.2) is 42.5 Å². The van der Waals surface area contributed by atoms with Crippen molar-refractivity contribution in [2.24, 2.45) is 5.92 Å². The molecule has 1 aliphatic carbocycles. The minimum absolute atomic E-state index is 0.0410. The number of rotatable bonds is 4. The van der Waals surface area contributed by atoms with Crippen LogP contribution in [0.5, 0.6) is 0 Å². The number of carbonyl (C=O) groups excluding carboxylic acids is 2. The maximum atomic E-state index is 13.3. The molecule has 0 unspecified atom stereocenters. The van der Waals surface area contributed by atoms with Crippen LogP contribution in [0.3, 0.4) is 0 Å². The Bertz CT molecular complexity index is 843. The maximum absolute atomic E-state index is 13.3. The summed E-state index contributed by atoms with van der Waals surface area (Å²) in [7, 11) is 0. The molecule has 2 aromatic carbocycles. The van der Waals surface area contributed by atoms with Gasteiger partial charge in [0.1, 0.15) is 5.82 Å². The number of alkyl halides is 3. The monoisotopic (exact) mass is 366 g/mol. The van der Waals surface area contributed by atoms with Gasteiger partial charge in [0.05, 0.1) is 5.56 Å². The van der Waals surface area contributed by atoms with E-state index in [-0.39, 0.29) is 23.1 Å². The van der Waals surface area contributed by atoms with E-state index < -0.39 is 23.5 Å². The zero-order valence-electron chi connectivity index (χ0n) is 13.4. The number of halogens is 4. The first kappa shape index (κ1) is 17.9. The number of anilines is 2. The highest BCUT2D eigenvalue weighted by Gasteiger charge is 2.34. The predicted octanol–water partition coefficient (Wildman–Crippen LogP) is 4.45. The summed E-state index contributed by atoms with van der Waals surface area (Å²) in [6.45, 7) is 0. The molecule has 1 fully saturated rings. The van der Waals surface area contributed by atoms with Gasteiger partial charge >= 0.3 is 6.18 Å². The van der Waals surface area contributed by atoms with Gasteiger partial charge in [-0.15, -0.1) is 0 Å². The fraction of sp³-hybridized carbons (Fsp3) is 0.222. The van der Waals surface area contributed by atoms with Gasteiger partial charge in [-0.25, -0.2) is 4.39 Å². The normalized spacial score (nSPS) is 14.0. The molecule has 3 rings (SSSR count). The van der Waals surface area contributed by atoms with E-state index in [0.717, 1.165) is 18.9 Å². The zero-order chi connectivity index (χ0) is 18.9. The molecular weight excluding hydrogens is 352 g/mol. The van der Waals surface area contributed by atoms with Gasteiger partial charge in [-0.05, 0) is 55.3 Å². The quantitative estimate of drug-likeness (QED) is 0.786. The second-order valence-corrected chi connectivity index (χ2v) is 5.99. The Kier molecular flexibility index (Phi) is 4.67. The van der Waals surface area contributed by atoms with Crippen molar-refractivity contribution < 1.29 is 27.2 Å². The van der Waals surface area contributed by atoms with Gasteiger partial charge in [0.15, 0.2) is 0 Å². The third-order valence-electron chi connectivity index (χ3n) is 3.89. The van der Waals surface area contributed by atoms with Crippen molar-refractivity contribution >= 4 is 23.2 Å². The van der Waals surface area contributed by atoms with Gasteiger partial charge in [0.25, 0.3) is 5.91 Å². The van der Waals surface area contributed by atoms with Crippen molar-refractivity contribution in [3.05, 3.63) is 59.4 Å². The van der Waals surface area contributed by atoms with Gasteiger partial charge in [-0.2, -0.15) is 13.2 Å². The Hall–Kier alpha value is -2.90. The van der Waals surface area contributed by atoms with E-state index in [1.54, 1.807) is 0 Å². The van der Waals surface area contributed by atoms with Crippen LogP contribution < -0.4 is 10.6 Å². The van der Waals surface area contributed by atoms with Crippen LogP contribution in [0, 0.1) is 11.7 Å². The van der Waals surface area contributed by atoms with Crippen molar-refractivity contribution in [1.29, 1.82) is 0 Å². The molecule has 8 heteroatoms. The minimum atomic E-state index is -4.85. The van der Waals surface area contributed by atoms with Crippen molar-refractivity contribution in [3.8, 4) is 0 Å². The second-order valence-electron chi connectivity index (χ2n) is 5.99. The SMILES string of the molecule is O=C(Nc1ccc(F)c(C(F)(F)F)c1)c1ccc(NC(=O)C2CC2)cc1. The third kappa shape index (κ3) is 4.19. The molecule has 26 heavy (non-hydrogen) atoms. The summed E-state index contributed by atoms with van der Waals surface area (Å²) >= 11 is 0. The zero-order valence-corrected chi connectivity index (χ0v) is 13.4. The molecule has 1 aliphatic rings. The fourth-order valence-corrected chi connectivity index (χ4v) is 2.32. The lowest BCUT2D eigenvalue weighted by molar-refractivity contribution is -0.139. The molecule has 0 aliphatic heterocycles. The molecule has 0 bridgehead atoms. The fourth-order valence-electron chi connectivity index (χ4n) is 2.32. The van der Waals surface area contributed by atoms with E-state index in [0.29, 0.717) is 17.8 Å². The van der Waals surface area contributed by atoms with Gasteiger partial charge in [0, 0.05) is 22.9 Å². The van der Waals surface area contributed by atoms with Crippen molar-refractivity contribution in [2.45, 2.75) is 19.0 Å². The number of hydrogen-bond acceptors (Lipinski definition) is 2. The molecule has 0 heterocycles. The number of amides is 2. The first-order valence-corrected chi connectivity index (χ1v) is 7.83. The molecule has 2 N–H and O–H groups in total. The van der Waals surface area contributed by atoms with Crippen LogP contribution in [0.4, 0.5) is 28.9 Å². The average Bonchev–Trinajstić information content (AvgIpc) is 3.41. The van der Waals surface area contributed by atoms with Crippen LogP contribution in [-0.4, -0.2) is 11.8 Å². The first-order chi connectivity index (χ1) is 12.2. The lowest BCUT2D eigenvalue weighted by Crippen LogP contribution is -2.15. The predicted molar refractivity (Wildman–Crippen MR) is 87.2 cm³/mol. The largest absolute Gasteiger partial charge is 0.419 e. The maximum Gasteiger partial charge on any atom is 0.419 e. The summed E-state index contributed by atoms with van der Waals surface area (Å²) < 4.78 is 51.4. The average molecular weight is 366 g/mol. The molecule has 0 aromatic heterocycles. The van der Waals surface area contributed by atoms with Gasteiger partial charge in [0.2, 0.25) is 5.91 Å². The van der Waals surface area contributed by atoms with E-state index in [4.69, 9.17) is 0 Å². The van der Waals surface area contributed by atoms with E-state index >= 15 is 0 Å². The van der Waals surface area contributed by atoms with E-state index in [1.807, 2.05) is 0 Å². The smallest absolute Gasteiger partial charge is 0.326 e. The molecule has 0 atom stereocenters. The standard InChI is InChI=1S/C18H14F4N2O2/c19-15-8-7-13(9-14(15)18(20,21)22)24-17(26)11-3-5-12(6-4-11)23-16(25)10-1-2-10/h3-10H,1-2H2,(H,23,25)(H,24,26). The Balaban J connectivity index is 1.69. The highest BCUT2D eigenvalue weighted by molar-refractivity contribution is 6.04. The first-order valence-electron chi connectivity index (χ1n) is 7.83. The molecule has 2 amide bonds. The Morgan fingerprint density at radius 1 is 0.923 bits per heavy atom. The van der Waals surface area contributed by atoms with E-state index in [9.17, 15) is 27.2 Å². The summed E-state index contributed by atoms with van der Waals surface area (Å²) in [6.07, 6.45) is -3.12. The number of nitrogens with one attached hydrogen (secondary N) is 2. The van der Waals surface area contributed by atoms with Crippen LogP contribution in [0.25, 0.3) is 0 Å². The molecule has 0 saturated heterocycles. The summed E-state index contributed by atoms with van der Waals surface area (Å²) in [6, 6.07) is 8.17. The van der Waals surface area contributed by atoms with Gasteiger partial charge < -0.3 is 10.6 Å². The molecule has 136 valence electrons. The van der Waals surface area contributed by atoms with Crippen molar-refractivity contribution in [2.75, 3.05) is 10.6 Å². The van der Waals surface area contributed by atoms with Crippen LogP contribution in [-0.2, 0) is 11.0 Å². The molecule has 1 saturated carbocycles. The third-order valence-corrected chi connectivity index (χ3v) is 3.89. The van der Waals surface area contributed by atoms with Crippen LogP contribution in [0.2, 0.25) is 0 Å². The number of hydrogen-bond donors (Lipinski definition) is 2. The topological polar surface area (TPSA) is 58.2 Å². The summed E-state index contributed by atoms with van der Waals surface area (Å²) in [5, 5.41) is 5.01. The van der Waals surface area contributed by atoms with Crippen molar-refractivity contribution in [3.63, 3.8) is 0 Å². The highest BCUT2D eigenvalue weighted by Crippen LogP contribution is 2.33. The summed E-state index contributed by atoms with van der Waals surface area (Å²) in [4.78, 5) is 23.8. The lowest BCUT2D eigenvalue weighted by atomic mass is 10.1. The number of benzene rings is 2. The molecular formula is C18H14F4N2O2. The Morgan fingerprint density at radius 2 is 1.54 bits per heavy atom. The molecule has 2 aromatic rings. The van der Waals surface area contributed by atoms with E-state index in [2.05, 4.69) is 10.6 Å². The molecule has 0 spiro atoms. The minimum Gasteiger partial charge on any atom is -0.326 e. The summed E-state index contributed by atoms with van der Waals surface area (Å²) in [5.41, 5.74) is -0.907. The van der Waals surface area contributed by atoms with Gasteiger partial charge in [-0.1, -0.05) is 0 Å². The highest BCUT2D eigenvalue weighted by atomic mass is 19.4. The molecule has 4 nitrogen and oxygen atoms in total. The van der Waals surface area contributed by atoms with Gasteiger partial charge in [-0.3, -0.25) is 9.59 Å². The lowest BCUT2D eigenvalue weighted by Gasteiger charge is -2.11. The number of carbonyl (C=O) groups is 2.